The zero-order chi connectivity index (χ0) is 21.1. The Labute approximate surface area is 180 Å². The van der Waals surface area contributed by atoms with Gasteiger partial charge in [-0.05, 0) is 55.3 Å². The van der Waals surface area contributed by atoms with Crippen LogP contribution in [0.4, 0.5) is 10.1 Å². The lowest BCUT2D eigenvalue weighted by molar-refractivity contribution is -0.0392. The number of ether oxygens (including phenoxy) is 1. The fourth-order valence-electron chi connectivity index (χ4n) is 5.51. The van der Waals surface area contributed by atoms with E-state index < -0.39 is 0 Å². The summed E-state index contributed by atoms with van der Waals surface area (Å²) in [4.78, 5) is 14.6. The number of rotatable bonds is 1. The van der Waals surface area contributed by atoms with Crippen LogP contribution in [0.1, 0.15) is 35.3 Å². The number of aromatic nitrogens is 1. The molecule has 0 unspecified atom stereocenters. The van der Waals surface area contributed by atoms with Crippen LogP contribution < -0.4 is 5.32 Å². The Hall–Kier alpha value is -3.12. The molecule has 2 spiro atoms. The summed E-state index contributed by atoms with van der Waals surface area (Å²) in [7, 11) is 0. The van der Waals surface area contributed by atoms with Crippen molar-refractivity contribution in [1.29, 1.82) is 0 Å². The lowest BCUT2D eigenvalue weighted by atomic mass is 9.79. The summed E-state index contributed by atoms with van der Waals surface area (Å²) in [5, 5.41) is 3.78. The number of hydrogen-bond donors (Lipinski definition) is 1. The van der Waals surface area contributed by atoms with Gasteiger partial charge in [-0.1, -0.05) is 18.2 Å². The van der Waals surface area contributed by atoms with Gasteiger partial charge in [-0.25, -0.2) is 4.39 Å². The second-order valence-electron chi connectivity index (χ2n) is 8.94. The highest BCUT2D eigenvalue weighted by atomic mass is 19.1. The van der Waals surface area contributed by atoms with Gasteiger partial charge in [0.15, 0.2) is 0 Å². The van der Waals surface area contributed by atoms with Crippen LogP contribution in [0.15, 0.2) is 66.9 Å². The van der Waals surface area contributed by atoms with E-state index >= 15 is 0 Å². The number of nitrogens with zero attached hydrogens (tertiary/aromatic N) is 2. The molecule has 1 atom stereocenters. The average Bonchev–Trinajstić information content (AvgIpc) is 3.41. The van der Waals surface area contributed by atoms with Crippen molar-refractivity contribution in [2.45, 2.75) is 30.4 Å². The quantitative estimate of drug-likeness (QED) is 0.641. The van der Waals surface area contributed by atoms with Crippen LogP contribution in [0.3, 0.4) is 0 Å². The van der Waals surface area contributed by atoms with E-state index in [2.05, 4.69) is 52.5 Å². The topological polar surface area (TPSA) is 46.5 Å². The number of hydrogen-bond acceptors (Lipinski definition) is 3. The number of nitrogens with one attached hydrogen (secondary N) is 1. The second kappa shape index (κ2) is 6.69. The first-order chi connectivity index (χ1) is 15.1. The maximum atomic E-state index is 13.5. The Balaban J connectivity index is 1.22. The van der Waals surface area contributed by atoms with Gasteiger partial charge in [0, 0.05) is 31.3 Å². The molecule has 1 N–H and O–H groups in total. The number of anilines is 1. The molecule has 3 aromatic rings. The monoisotopic (exact) mass is 417 g/mol. The fraction of sp³-hybridized carbons (Fsp3) is 0.320. The van der Waals surface area contributed by atoms with Gasteiger partial charge in [-0.2, -0.15) is 0 Å². The molecule has 5 nitrogen and oxygen atoms in total. The van der Waals surface area contributed by atoms with E-state index in [1.54, 1.807) is 12.1 Å². The van der Waals surface area contributed by atoms with E-state index in [1.165, 1.54) is 17.8 Å². The minimum atomic E-state index is -0.382. The first-order valence-corrected chi connectivity index (χ1v) is 10.8. The van der Waals surface area contributed by atoms with Crippen molar-refractivity contribution in [2.24, 2.45) is 0 Å². The fourth-order valence-corrected chi connectivity index (χ4v) is 5.51. The zero-order valence-corrected chi connectivity index (χ0v) is 17.2. The number of fused-ring (bicyclic) bond motifs is 4. The molecular weight excluding hydrogens is 393 g/mol. The number of halogens is 1. The highest BCUT2D eigenvalue weighted by molar-refractivity contribution is 5.94. The number of carbonyl (C=O) groups excluding carboxylic acids is 1. The molecule has 0 aliphatic carbocycles. The van der Waals surface area contributed by atoms with Crippen molar-refractivity contribution in [2.75, 3.05) is 25.0 Å². The lowest BCUT2D eigenvalue weighted by Gasteiger charge is -2.41. The molecule has 0 saturated carbocycles. The van der Waals surface area contributed by atoms with E-state index in [9.17, 15) is 9.18 Å². The third kappa shape index (κ3) is 2.89. The predicted octanol–water partition coefficient (Wildman–Crippen LogP) is 4.33. The summed E-state index contributed by atoms with van der Waals surface area (Å²) < 4.78 is 22.3. The number of amides is 1. The van der Waals surface area contributed by atoms with E-state index in [4.69, 9.17) is 4.74 Å². The van der Waals surface area contributed by atoms with Crippen molar-refractivity contribution in [3.63, 3.8) is 0 Å². The Bertz CT molecular complexity index is 1160. The molecule has 3 aliphatic heterocycles. The van der Waals surface area contributed by atoms with Gasteiger partial charge < -0.3 is 19.5 Å². The van der Waals surface area contributed by atoms with Gasteiger partial charge in [0.25, 0.3) is 5.91 Å². The molecule has 4 heterocycles. The second-order valence-corrected chi connectivity index (χ2v) is 8.94. The lowest BCUT2D eigenvalue weighted by Crippen LogP contribution is -2.48. The van der Waals surface area contributed by atoms with Crippen LogP contribution in [0.2, 0.25) is 0 Å². The summed E-state index contributed by atoms with van der Waals surface area (Å²) in [6.45, 7) is 1.83. The van der Waals surface area contributed by atoms with Crippen molar-refractivity contribution < 1.29 is 13.9 Å². The van der Waals surface area contributed by atoms with Crippen molar-refractivity contribution in [3.05, 3.63) is 83.9 Å². The van der Waals surface area contributed by atoms with Crippen LogP contribution in [0.5, 0.6) is 0 Å². The van der Waals surface area contributed by atoms with Gasteiger partial charge in [-0.15, -0.1) is 0 Å². The molecular formula is C25H24FN3O2. The standard InChI is InChI=1S/C25H24FN3O2/c26-19-6-3-5-18(15-19)23(30)28-13-10-24(11-14-28)16-25(17-31-24)22-9-4-12-29(22)21-8-2-1-7-20(21)27-25/h1-9,12,15,27H,10-11,13-14,16-17H2/t25-/m0/s1. The minimum absolute atomic E-state index is 0.111. The van der Waals surface area contributed by atoms with E-state index in [1.807, 2.05) is 4.90 Å². The number of likely N-dealkylation sites (tertiary alicyclic amines) is 1. The van der Waals surface area contributed by atoms with Crippen LogP contribution in [-0.2, 0) is 10.3 Å². The highest BCUT2D eigenvalue weighted by Gasteiger charge is 2.54. The Morgan fingerprint density at radius 2 is 1.87 bits per heavy atom. The first-order valence-electron chi connectivity index (χ1n) is 10.8. The molecule has 2 aromatic carbocycles. The van der Waals surface area contributed by atoms with Crippen LogP contribution in [-0.4, -0.2) is 40.7 Å². The van der Waals surface area contributed by atoms with Crippen LogP contribution in [0.25, 0.3) is 5.69 Å². The van der Waals surface area contributed by atoms with Gasteiger partial charge in [0.2, 0.25) is 0 Å². The first kappa shape index (κ1) is 18.6. The Kier molecular flexibility index (Phi) is 4.02. The third-order valence-electron chi connectivity index (χ3n) is 7.06. The molecule has 31 heavy (non-hydrogen) atoms. The van der Waals surface area contributed by atoms with Gasteiger partial charge in [0.1, 0.15) is 11.4 Å². The van der Waals surface area contributed by atoms with Crippen molar-refractivity contribution in [1.82, 2.24) is 9.47 Å². The minimum Gasteiger partial charge on any atom is -0.372 e. The predicted molar refractivity (Wildman–Crippen MR) is 116 cm³/mol. The molecule has 158 valence electrons. The van der Waals surface area contributed by atoms with Crippen LogP contribution >= 0.6 is 0 Å². The van der Waals surface area contributed by atoms with Crippen LogP contribution in [0, 0.1) is 5.82 Å². The summed E-state index contributed by atoms with van der Waals surface area (Å²) in [6.07, 6.45) is 4.53. The van der Waals surface area contributed by atoms with Gasteiger partial charge >= 0.3 is 0 Å². The number of piperidine rings is 1. The van der Waals surface area contributed by atoms with E-state index in [0.717, 1.165) is 30.6 Å². The Morgan fingerprint density at radius 3 is 2.71 bits per heavy atom. The molecule has 0 radical (unpaired) electrons. The highest BCUT2D eigenvalue weighted by Crippen LogP contribution is 2.50. The molecule has 6 heteroatoms. The average molecular weight is 417 g/mol. The molecule has 2 fully saturated rings. The van der Waals surface area contributed by atoms with Crippen molar-refractivity contribution >= 4 is 11.6 Å². The number of carbonyl (C=O) groups is 1. The normalized spacial score (nSPS) is 23.5. The summed E-state index contributed by atoms with van der Waals surface area (Å²) in [5.74, 6) is -0.493. The van der Waals surface area contributed by atoms with Crippen molar-refractivity contribution in [3.8, 4) is 5.69 Å². The van der Waals surface area contributed by atoms with E-state index in [-0.39, 0.29) is 22.9 Å². The Morgan fingerprint density at radius 1 is 1.03 bits per heavy atom. The van der Waals surface area contributed by atoms with Gasteiger partial charge in [0.05, 0.1) is 29.3 Å². The zero-order valence-electron chi connectivity index (χ0n) is 17.2. The molecule has 1 aromatic heterocycles. The summed E-state index contributed by atoms with van der Waals surface area (Å²) >= 11 is 0. The molecule has 3 aliphatic rings. The largest absolute Gasteiger partial charge is 0.372 e. The molecule has 1 amide bonds. The molecule has 2 saturated heterocycles. The maximum Gasteiger partial charge on any atom is 0.253 e. The number of benzene rings is 2. The molecule has 0 bridgehead atoms. The molecule has 6 rings (SSSR count). The maximum absolute atomic E-state index is 13.5. The van der Waals surface area contributed by atoms with Gasteiger partial charge in [-0.3, -0.25) is 4.79 Å². The SMILES string of the molecule is O=C(c1cccc(F)c1)N1CCC2(CC1)C[C@@]1(CO2)Nc2ccccc2-n2cccc21. The summed E-state index contributed by atoms with van der Waals surface area (Å²) in [5.41, 5.74) is 3.37. The van der Waals surface area contributed by atoms with E-state index in [0.29, 0.717) is 25.3 Å². The number of para-hydroxylation sites is 2. The summed E-state index contributed by atoms with van der Waals surface area (Å²) in [6, 6.07) is 18.5. The smallest absolute Gasteiger partial charge is 0.253 e. The third-order valence-corrected chi connectivity index (χ3v) is 7.06.